The van der Waals surface area contributed by atoms with Gasteiger partial charge in [0, 0.05) is 24.6 Å². The maximum absolute atomic E-state index is 11.9. The van der Waals surface area contributed by atoms with Crippen LogP contribution in [0.1, 0.15) is 11.6 Å². The number of anilines is 1. The minimum absolute atomic E-state index is 0.0835. The molecule has 0 spiro atoms. The van der Waals surface area contributed by atoms with Gasteiger partial charge in [-0.15, -0.1) is 0 Å². The molecular weight excluding hydrogens is 264 g/mol. The summed E-state index contributed by atoms with van der Waals surface area (Å²) < 4.78 is 0. The molecule has 0 aliphatic heterocycles. The van der Waals surface area contributed by atoms with E-state index < -0.39 is 0 Å². The van der Waals surface area contributed by atoms with E-state index in [1.807, 2.05) is 62.8 Å². The molecule has 21 heavy (non-hydrogen) atoms. The van der Waals surface area contributed by atoms with E-state index in [-0.39, 0.29) is 12.1 Å². The maximum Gasteiger partial charge on any atom is 0.319 e. The number of para-hydroxylation sites is 1. The highest BCUT2D eigenvalue weighted by Gasteiger charge is 2.15. The van der Waals surface area contributed by atoms with Crippen molar-refractivity contribution in [3.8, 4) is 0 Å². The minimum Gasteiger partial charge on any atom is -0.336 e. The zero-order chi connectivity index (χ0) is 15.1. The Morgan fingerprint density at radius 1 is 1.19 bits per heavy atom. The molecule has 1 aromatic heterocycles. The number of nitrogens with one attached hydrogen (secondary N) is 2. The van der Waals surface area contributed by atoms with Crippen molar-refractivity contribution in [3.05, 3.63) is 60.4 Å². The number of carbonyl (C=O) groups excluding carboxylic acids is 1. The van der Waals surface area contributed by atoms with Gasteiger partial charge < -0.3 is 15.5 Å². The van der Waals surface area contributed by atoms with Crippen molar-refractivity contribution in [1.82, 2.24) is 15.2 Å². The van der Waals surface area contributed by atoms with Crippen LogP contribution in [0.25, 0.3) is 0 Å². The maximum atomic E-state index is 11.9. The van der Waals surface area contributed by atoms with Gasteiger partial charge in [-0.05, 0) is 37.9 Å². The Morgan fingerprint density at radius 3 is 2.57 bits per heavy atom. The predicted molar refractivity (Wildman–Crippen MR) is 84.1 cm³/mol. The molecule has 2 N–H and O–H groups in total. The van der Waals surface area contributed by atoms with Crippen LogP contribution in [-0.2, 0) is 0 Å². The Kier molecular flexibility index (Phi) is 5.29. The van der Waals surface area contributed by atoms with Crippen molar-refractivity contribution in [2.75, 3.05) is 26.0 Å². The highest BCUT2D eigenvalue weighted by molar-refractivity contribution is 5.89. The third kappa shape index (κ3) is 4.57. The van der Waals surface area contributed by atoms with Crippen molar-refractivity contribution >= 4 is 11.7 Å². The summed E-state index contributed by atoms with van der Waals surface area (Å²) in [4.78, 5) is 18.1. The lowest BCUT2D eigenvalue weighted by molar-refractivity contribution is 0.243. The average Bonchev–Trinajstić information content (AvgIpc) is 2.49. The standard InChI is InChI=1S/C16H20N4O/c1-20(2)15(13-7-6-10-17-11-13)12-18-16(21)19-14-8-4-3-5-9-14/h3-11,15H,12H2,1-2H3,(H2,18,19,21). The summed E-state index contributed by atoms with van der Waals surface area (Å²) in [6.07, 6.45) is 3.56. The second-order valence-electron chi connectivity index (χ2n) is 4.97. The quantitative estimate of drug-likeness (QED) is 0.887. The molecule has 0 saturated carbocycles. The van der Waals surface area contributed by atoms with Crippen molar-refractivity contribution in [1.29, 1.82) is 0 Å². The first-order valence-electron chi connectivity index (χ1n) is 6.83. The highest BCUT2D eigenvalue weighted by atomic mass is 16.2. The first kappa shape index (κ1) is 15.0. The topological polar surface area (TPSA) is 57.3 Å². The van der Waals surface area contributed by atoms with E-state index in [2.05, 4.69) is 20.5 Å². The van der Waals surface area contributed by atoms with Crippen molar-refractivity contribution in [3.63, 3.8) is 0 Å². The normalized spacial score (nSPS) is 12.0. The van der Waals surface area contributed by atoms with Gasteiger partial charge in [-0.25, -0.2) is 4.79 Å². The number of aromatic nitrogens is 1. The van der Waals surface area contributed by atoms with E-state index in [1.165, 1.54) is 0 Å². The molecule has 2 amide bonds. The summed E-state index contributed by atoms with van der Waals surface area (Å²) in [5.41, 5.74) is 1.85. The van der Waals surface area contributed by atoms with Crippen LogP contribution in [0.3, 0.4) is 0 Å². The third-order valence-electron chi connectivity index (χ3n) is 3.18. The summed E-state index contributed by atoms with van der Waals surface area (Å²) in [6, 6.07) is 13.2. The Morgan fingerprint density at radius 2 is 1.95 bits per heavy atom. The molecule has 1 aromatic carbocycles. The molecule has 0 saturated heterocycles. The van der Waals surface area contributed by atoms with E-state index in [9.17, 15) is 4.79 Å². The molecular formula is C16H20N4O. The van der Waals surface area contributed by atoms with Crippen LogP contribution in [0.5, 0.6) is 0 Å². The number of hydrogen-bond acceptors (Lipinski definition) is 3. The molecule has 1 unspecified atom stereocenters. The van der Waals surface area contributed by atoms with Crippen LogP contribution in [0.4, 0.5) is 10.5 Å². The van der Waals surface area contributed by atoms with Crippen molar-refractivity contribution in [2.45, 2.75) is 6.04 Å². The third-order valence-corrected chi connectivity index (χ3v) is 3.18. The largest absolute Gasteiger partial charge is 0.336 e. The number of likely N-dealkylation sites (N-methyl/N-ethyl adjacent to an activating group) is 1. The van der Waals surface area contributed by atoms with Crippen LogP contribution in [0, 0.1) is 0 Å². The van der Waals surface area contributed by atoms with Crippen LogP contribution >= 0.6 is 0 Å². The monoisotopic (exact) mass is 284 g/mol. The van der Waals surface area contributed by atoms with E-state index in [4.69, 9.17) is 0 Å². The Bertz CT molecular complexity index is 557. The average molecular weight is 284 g/mol. The fourth-order valence-corrected chi connectivity index (χ4v) is 2.06. The Balaban J connectivity index is 1.92. The Labute approximate surface area is 125 Å². The van der Waals surface area contributed by atoms with Crippen LogP contribution in [-0.4, -0.2) is 36.6 Å². The van der Waals surface area contributed by atoms with Gasteiger partial charge >= 0.3 is 6.03 Å². The van der Waals surface area contributed by atoms with Gasteiger partial charge in [-0.1, -0.05) is 24.3 Å². The molecule has 2 aromatic rings. The van der Waals surface area contributed by atoms with E-state index in [0.717, 1.165) is 11.3 Å². The summed E-state index contributed by atoms with van der Waals surface area (Å²) in [5, 5.41) is 5.70. The molecule has 5 heteroatoms. The fraction of sp³-hybridized carbons (Fsp3) is 0.250. The second-order valence-corrected chi connectivity index (χ2v) is 4.97. The molecule has 1 atom stereocenters. The number of hydrogen-bond donors (Lipinski definition) is 2. The van der Waals surface area contributed by atoms with Crippen molar-refractivity contribution in [2.24, 2.45) is 0 Å². The number of nitrogens with zero attached hydrogens (tertiary/aromatic N) is 2. The van der Waals surface area contributed by atoms with Crippen LogP contribution in [0.2, 0.25) is 0 Å². The van der Waals surface area contributed by atoms with E-state index >= 15 is 0 Å². The lowest BCUT2D eigenvalue weighted by Crippen LogP contribution is -2.36. The number of amides is 2. The van der Waals surface area contributed by atoms with E-state index in [0.29, 0.717) is 6.54 Å². The van der Waals surface area contributed by atoms with Crippen molar-refractivity contribution < 1.29 is 4.79 Å². The molecule has 0 bridgehead atoms. The van der Waals surface area contributed by atoms with Gasteiger partial charge in [0.1, 0.15) is 0 Å². The summed E-state index contributed by atoms with van der Waals surface area (Å²) >= 11 is 0. The molecule has 5 nitrogen and oxygen atoms in total. The summed E-state index contributed by atoms with van der Waals surface area (Å²) in [6.45, 7) is 0.511. The Hall–Kier alpha value is -2.40. The number of carbonyl (C=O) groups is 1. The SMILES string of the molecule is CN(C)C(CNC(=O)Nc1ccccc1)c1cccnc1. The van der Waals surface area contributed by atoms with Gasteiger partial charge in [-0.3, -0.25) is 4.98 Å². The van der Waals surface area contributed by atoms with Gasteiger partial charge in [0.2, 0.25) is 0 Å². The molecule has 0 aliphatic rings. The first-order chi connectivity index (χ1) is 10.2. The highest BCUT2D eigenvalue weighted by Crippen LogP contribution is 2.15. The zero-order valence-corrected chi connectivity index (χ0v) is 12.3. The van der Waals surface area contributed by atoms with Crippen LogP contribution < -0.4 is 10.6 Å². The summed E-state index contributed by atoms with van der Waals surface area (Å²) in [5.74, 6) is 0. The van der Waals surface area contributed by atoms with Gasteiger partial charge in [0.15, 0.2) is 0 Å². The molecule has 2 rings (SSSR count). The first-order valence-corrected chi connectivity index (χ1v) is 6.83. The number of rotatable bonds is 5. The molecule has 110 valence electrons. The minimum atomic E-state index is -0.211. The zero-order valence-electron chi connectivity index (χ0n) is 12.3. The molecule has 0 aliphatic carbocycles. The van der Waals surface area contributed by atoms with E-state index in [1.54, 1.807) is 6.20 Å². The smallest absolute Gasteiger partial charge is 0.319 e. The molecule has 0 fully saturated rings. The lowest BCUT2D eigenvalue weighted by Gasteiger charge is -2.24. The summed E-state index contributed by atoms with van der Waals surface area (Å²) in [7, 11) is 3.96. The fourth-order valence-electron chi connectivity index (χ4n) is 2.06. The van der Waals surface area contributed by atoms with Gasteiger partial charge in [-0.2, -0.15) is 0 Å². The second kappa shape index (κ2) is 7.40. The predicted octanol–water partition coefficient (Wildman–Crippen LogP) is 2.51. The van der Waals surface area contributed by atoms with Gasteiger partial charge in [0.05, 0.1) is 6.04 Å². The number of urea groups is 1. The molecule has 0 radical (unpaired) electrons. The lowest BCUT2D eigenvalue weighted by atomic mass is 10.1. The molecule has 1 heterocycles. The number of pyridine rings is 1. The van der Waals surface area contributed by atoms with Crippen LogP contribution in [0.15, 0.2) is 54.9 Å². The van der Waals surface area contributed by atoms with Gasteiger partial charge in [0.25, 0.3) is 0 Å². The number of benzene rings is 1.